The molecule has 0 aliphatic carbocycles. The summed E-state index contributed by atoms with van der Waals surface area (Å²) in [5, 5.41) is 24.4. The van der Waals surface area contributed by atoms with Crippen molar-refractivity contribution in [2.24, 2.45) is 12.5 Å². The van der Waals surface area contributed by atoms with Gasteiger partial charge in [0.1, 0.15) is 18.5 Å². The number of imidazole rings is 2. The van der Waals surface area contributed by atoms with E-state index in [2.05, 4.69) is 15.0 Å². The van der Waals surface area contributed by atoms with Crippen LogP contribution in [0.4, 0.5) is 16.4 Å². The van der Waals surface area contributed by atoms with Crippen molar-refractivity contribution in [3.8, 4) is 5.88 Å². The molecular formula is C27H32N8NaO11P. The number of para-hydroxylation sites is 1. The summed E-state index contributed by atoms with van der Waals surface area (Å²) in [6.07, 6.45) is -2.48. The molecule has 21 heteroatoms. The second kappa shape index (κ2) is 14.4. The number of nitro groups is 1. The molecule has 1 fully saturated rings. The summed E-state index contributed by atoms with van der Waals surface area (Å²) >= 11 is 0. The number of fused-ring (bicyclic) bond motifs is 1. The van der Waals surface area contributed by atoms with Crippen LogP contribution in [0.1, 0.15) is 38.7 Å². The van der Waals surface area contributed by atoms with Crippen LogP contribution < -0.4 is 49.9 Å². The largest absolute Gasteiger partial charge is 1.00 e. The van der Waals surface area contributed by atoms with Gasteiger partial charge >= 0.3 is 41.4 Å². The molecule has 1 aromatic carbocycles. The number of hydrogen-bond acceptors (Lipinski definition) is 15. The Morgan fingerprint density at radius 2 is 1.96 bits per heavy atom. The van der Waals surface area contributed by atoms with Crippen LogP contribution in [-0.2, 0) is 35.1 Å². The SMILES string of the molecule is CO[C@H]1C(OC(=O)OC(c2ccccc2[N+](=O)[O-])C(C)(C)C)[C@@H](COP(=O)([O-])n2ccnc2)O[C@H]1[n+]1cn(C)c2c([O-])nc(N)nc21.[Na+]. The van der Waals surface area contributed by atoms with Crippen LogP contribution in [0, 0.1) is 15.5 Å². The number of nitrogens with two attached hydrogens (primary N) is 1. The average Bonchev–Trinajstić information content (AvgIpc) is 3.73. The molecule has 2 N–H and O–H groups in total. The van der Waals surface area contributed by atoms with Gasteiger partial charge in [-0.1, -0.05) is 37.9 Å². The van der Waals surface area contributed by atoms with Crippen molar-refractivity contribution in [3.05, 3.63) is 65.0 Å². The molecule has 252 valence electrons. The summed E-state index contributed by atoms with van der Waals surface area (Å²) in [4.78, 5) is 49.0. The number of aromatic nitrogens is 6. The second-order valence-corrected chi connectivity index (χ2v) is 13.3. The number of anilines is 1. The number of methoxy groups -OCH3 is 1. The molecule has 0 amide bonds. The molecule has 4 heterocycles. The van der Waals surface area contributed by atoms with Crippen molar-refractivity contribution >= 4 is 36.7 Å². The predicted octanol–water partition coefficient (Wildman–Crippen LogP) is -1.72. The van der Waals surface area contributed by atoms with Crippen LogP contribution in [0.25, 0.3) is 11.2 Å². The van der Waals surface area contributed by atoms with Gasteiger partial charge in [-0.3, -0.25) is 23.6 Å². The zero-order valence-electron chi connectivity index (χ0n) is 26.9. The number of nitro benzene ring substituents is 1. The number of benzene rings is 1. The molecule has 1 aliphatic rings. The number of nitrogens with zero attached hydrogens (tertiary/aromatic N) is 7. The normalized spacial score (nSPS) is 21.3. The van der Waals surface area contributed by atoms with Crippen LogP contribution in [-0.4, -0.2) is 67.0 Å². The first-order chi connectivity index (χ1) is 22.1. The first-order valence-electron chi connectivity index (χ1n) is 14.1. The minimum atomic E-state index is -4.72. The number of hydrogen-bond donors (Lipinski definition) is 1. The number of aryl methyl sites for hydroxylation is 1. The van der Waals surface area contributed by atoms with E-state index in [0.29, 0.717) is 0 Å². The molecule has 1 saturated heterocycles. The van der Waals surface area contributed by atoms with Gasteiger partial charge in [0.05, 0.1) is 24.1 Å². The van der Waals surface area contributed by atoms with Crippen molar-refractivity contribution in [2.75, 3.05) is 19.5 Å². The second-order valence-electron chi connectivity index (χ2n) is 11.7. The van der Waals surface area contributed by atoms with Gasteiger partial charge in [-0.25, -0.2) is 19.3 Å². The van der Waals surface area contributed by atoms with E-state index in [1.165, 1.54) is 53.2 Å². The zero-order chi connectivity index (χ0) is 34.3. The number of ether oxygens (including phenoxy) is 4. The fourth-order valence-corrected chi connectivity index (χ4v) is 6.20. The summed E-state index contributed by atoms with van der Waals surface area (Å²) in [7, 11) is -1.85. The van der Waals surface area contributed by atoms with Gasteiger partial charge in [-0.2, -0.15) is 0 Å². The Labute approximate surface area is 295 Å². The van der Waals surface area contributed by atoms with Crippen LogP contribution >= 0.6 is 7.75 Å². The molecule has 0 spiro atoms. The Morgan fingerprint density at radius 1 is 1.25 bits per heavy atom. The topological polar surface area (TPSA) is 248 Å². The van der Waals surface area contributed by atoms with Crippen molar-refractivity contribution in [1.82, 2.24) is 23.9 Å². The van der Waals surface area contributed by atoms with E-state index in [9.17, 15) is 29.5 Å². The molecule has 0 bridgehead atoms. The van der Waals surface area contributed by atoms with Crippen molar-refractivity contribution < 1.29 is 81.9 Å². The summed E-state index contributed by atoms with van der Waals surface area (Å²) in [6, 6.07) is 5.83. The fourth-order valence-electron chi connectivity index (χ4n) is 5.32. The monoisotopic (exact) mass is 698 g/mol. The van der Waals surface area contributed by atoms with Gasteiger partial charge in [0.25, 0.3) is 11.6 Å². The van der Waals surface area contributed by atoms with Crippen LogP contribution in [0.3, 0.4) is 0 Å². The Morgan fingerprint density at radius 3 is 2.58 bits per heavy atom. The standard InChI is InChI=1S/C27H33N8O11P.Na/c1-27(2,3)21(15-8-6-7-9-16(15)35(38)39)46-26(37)45-19-17(12-43-47(40,41)33-11-10-29-13-33)44-24(20(19)42-5)34-14-32(4)18-22(34)30-25(28)31-23(18)36;/h6-11,13-14,17,19-21,24H,12H2,1-5H3,(H3-,28,30,31,36,40,41);/q;+1/p-1/t17-,19?,20+,21?,24-;/m1./s1. The molecule has 6 atom stereocenters. The maximum Gasteiger partial charge on any atom is 1.00 e. The summed E-state index contributed by atoms with van der Waals surface area (Å²) in [5.74, 6) is -0.964. The van der Waals surface area contributed by atoms with Crippen molar-refractivity contribution in [1.29, 1.82) is 0 Å². The molecule has 0 saturated carbocycles. The zero-order valence-corrected chi connectivity index (χ0v) is 29.8. The van der Waals surface area contributed by atoms with Gasteiger partial charge in [-0.15, -0.1) is 0 Å². The van der Waals surface area contributed by atoms with E-state index in [-0.39, 0.29) is 57.9 Å². The molecule has 4 aromatic rings. The minimum absolute atomic E-state index is 0. The maximum atomic E-state index is 13.5. The Kier molecular flexibility index (Phi) is 11.2. The van der Waals surface area contributed by atoms with Gasteiger partial charge < -0.3 is 39.2 Å². The van der Waals surface area contributed by atoms with Crippen LogP contribution in [0.15, 0.2) is 49.3 Å². The molecule has 3 aromatic heterocycles. The Bertz CT molecular complexity index is 1830. The summed E-state index contributed by atoms with van der Waals surface area (Å²) in [5.41, 5.74) is 4.94. The minimum Gasteiger partial charge on any atom is -0.856 e. The van der Waals surface area contributed by atoms with Crippen LogP contribution in [0.2, 0.25) is 0 Å². The number of carbonyl (C=O) groups is 1. The molecule has 1 aliphatic heterocycles. The van der Waals surface area contributed by atoms with E-state index in [1.807, 2.05) is 0 Å². The number of nitrogen functional groups attached to an aromatic ring is 1. The van der Waals surface area contributed by atoms with E-state index in [0.717, 1.165) is 10.7 Å². The third-order valence-corrected chi connectivity index (χ3v) is 8.68. The third kappa shape index (κ3) is 7.47. The van der Waals surface area contributed by atoms with Gasteiger partial charge in [0, 0.05) is 36.9 Å². The van der Waals surface area contributed by atoms with E-state index in [4.69, 9.17) is 29.2 Å². The smallest absolute Gasteiger partial charge is 0.856 e. The fraction of sp³-hybridized carbons (Fsp3) is 0.444. The Balaban J connectivity index is 0.00000520. The van der Waals surface area contributed by atoms with E-state index < -0.39 is 67.4 Å². The molecular weight excluding hydrogens is 666 g/mol. The first kappa shape index (κ1) is 37.1. The van der Waals surface area contributed by atoms with Crippen LogP contribution in [0.5, 0.6) is 5.88 Å². The number of carbonyl (C=O) groups excluding carboxylic acids is 1. The Hall–Kier alpha value is -3.68. The summed E-state index contributed by atoms with van der Waals surface area (Å²) in [6.45, 7) is 4.51. The maximum absolute atomic E-state index is 13.5. The van der Waals surface area contributed by atoms with Gasteiger partial charge in [0.15, 0.2) is 24.1 Å². The first-order valence-corrected chi connectivity index (χ1v) is 15.6. The average molecular weight is 699 g/mol. The van der Waals surface area contributed by atoms with Gasteiger partial charge in [-0.05, 0) is 6.07 Å². The molecule has 0 radical (unpaired) electrons. The molecule has 5 rings (SSSR count). The summed E-state index contributed by atoms with van der Waals surface area (Å²) < 4.78 is 45.0. The quantitative estimate of drug-likeness (QED) is 0.0483. The predicted molar refractivity (Wildman–Crippen MR) is 155 cm³/mol. The van der Waals surface area contributed by atoms with E-state index in [1.54, 1.807) is 33.9 Å². The van der Waals surface area contributed by atoms with Gasteiger partial charge in [0.2, 0.25) is 14.0 Å². The van der Waals surface area contributed by atoms with Crippen molar-refractivity contribution in [3.63, 3.8) is 0 Å². The third-order valence-electron chi connectivity index (χ3n) is 7.40. The van der Waals surface area contributed by atoms with E-state index >= 15 is 0 Å². The molecule has 3 unspecified atom stereocenters. The van der Waals surface area contributed by atoms with Crippen molar-refractivity contribution in [2.45, 2.75) is 51.4 Å². The molecule has 19 nitrogen and oxygen atoms in total. The number of rotatable bonds is 10. The molecule has 48 heavy (non-hydrogen) atoms.